The van der Waals surface area contributed by atoms with E-state index in [9.17, 15) is 24.0 Å². The number of hydrogen-bond acceptors (Lipinski definition) is 9. The van der Waals surface area contributed by atoms with Gasteiger partial charge in [-0.3, -0.25) is 19.2 Å². The number of hydrogen-bond donors (Lipinski definition) is 0. The molecule has 0 saturated carbocycles. The van der Waals surface area contributed by atoms with Crippen LogP contribution in [0.15, 0.2) is 0 Å². The van der Waals surface area contributed by atoms with Gasteiger partial charge in [-0.1, -0.05) is 85.5 Å². The molecule has 0 rings (SSSR count). The zero-order chi connectivity index (χ0) is 29.5. The van der Waals surface area contributed by atoms with Crippen LogP contribution in [0.25, 0.3) is 0 Å². The van der Waals surface area contributed by atoms with Gasteiger partial charge in [-0.05, 0) is 32.6 Å². The summed E-state index contributed by atoms with van der Waals surface area (Å²) in [4.78, 5) is 65.4. The third-order valence-corrected chi connectivity index (χ3v) is 6.35. The third kappa shape index (κ3) is 15.1. The number of rotatable bonds is 24. The molecule has 0 aromatic rings. The highest BCUT2D eigenvalue weighted by Gasteiger charge is 2.59. The molecule has 0 saturated heterocycles. The highest BCUT2D eigenvalue weighted by Crippen LogP contribution is 2.32. The molecule has 0 bridgehead atoms. The largest absolute Gasteiger partial charge is 0.466 e. The molecule has 0 aliphatic rings. The van der Waals surface area contributed by atoms with Crippen molar-refractivity contribution in [3.63, 3.8) is 0 Å². The van der Waals surface area contributed by atoms with Gasteiger partial charge in [0, 0.05) is 6.42 Å². The quantitative estimate of drug-likeness (QED) is 0.0606. The van der Waals surface area contributed by atoms with Gasteiger partial charge < -0.3 is 18.9 Å². The molecule has 0 spiro atoms. The second-order valence-corrected chi connectivity index (χ2v) is 10.0. The molecule has 226 valence electrons. The van der Waals surface area contributed by atoms with Crippen molar-refractivity contribution in [2.45, 2.75) is 137 Å². The van der Waals surface area contributed by atoms with Crippen molar-refractivity contribution >= 4 is 29.7 Å². The summed E-state index contributed by atoms with van der Waals surface area (Å²) in [5, 5.41) is 0. The second-order valence-electron chi connectivity index (χ2n) is 10.0. The van der Waals surface area contributed by atoms with E-state index in [0.717, 1.165) is 64.7 Å². The van der Waals surface area contributed by atoms with Crippen LogP contribution in [0.2, 0.25) is 0 Å². The van der Waals surface area contributed by atoms with E-state index in [1.165, 1.54) is 0 Å². The van der Waals surface area contributed by atoms with Gasteiger partial charge in [0.25, 0.3) is 0 Å². The van der Waals surface area contributed by atoms with Crippen LogP contribution >= 0.6 is 0 Å². The minimum absolute atomic E-state index is 0.00529. The Hall–Kier alpha value is -2.45. The lowest BCUT2D eigenvalue weighted by Crippen LogP contribution is -2.57. The number of carbonyl (C=O) groups excluding carboxylic acids is 5. The molecule has 0 amide bonds. The zero-order valence-corrected chi connectivity index (χ0v) is 25.0. The monoisotopic (exact) mass is 556 g/mol. The molecule has 0 heterocycles. The summed E-state index contributed by atoms with van der Waals surface area (Å²) in [6.07, 6.45) is 9.62. The topological polar surface area (TPSA) is 122 Å². The van der Waals surface area contributed by atoms with Crippen LogP contribution in [0.1, 0.15) is 131 Å². The van der Waals surface area contributed by atoms with E-state index in [4.69, 9.17) is 18.9 Å². The van der Waals surface area contributed by atoms with E-state index in [2.05, 4.69) is 6.92 Å². The van der Waals surface area contributed by atoms with Crippen molar-refractivity contribution in [1.29, 1.82) is 0 Å². The van der Waals surface area contributed by atoms with Crippen LogP contribution in [0, 0.1) is 5.92 Å². The fraction of sp³-hybridized carbons (Fsp3) is 0.833. The predicted octanol–water partition coefficient (Wildman–Crippen LogP) is 6.03. The van der Waals surface area contributed by atoms with Crippen molar-refractivity contribution in [3.05, 3.63) is 0 Å². The van der Waals surface area contributed by atoms with Crippen LogP contribution in [-0.4, -0.2) is 55.1 Å². The minimum atomic E-state index is -2.51. The second kappa shape index (κ2) is 22.4. The maximum absolute atomic E-state index is 13.6. The third-order valence-electron chi connectivity index (χ3n) is 6.35. The number of ether oxygens (including phenoxy) is 4. The van der Waals surface area contributed by atoms with Gasteiger partial charge in [-0.2, -0.15) is 0 Å². The van der Waals surface area contributed by atoms with E-state index in [0.29, 0.717) is 25.7 Å². The first-order valence-corrected chi connectivity index (χ1v) is 14.9. The fourth-order valence-electron chi connectivity index (χ4n) is 4.15. The zero-order valence-electron chi connectivity index (χ0n) is 25.0. The standard InChI is InChI=1S/C30H52O9/c1-6-10-13-16-20-36-26(33)23-30(39-25(32)19-9-4,29(35)38-22-18-15-12-8-3)27(24(5)31)28(34)37-21-17-14-11-7-2/h27H,6-23H2,1-5H3. The lowest BCUT2D eigenvalue weighted by atomic mass is 9.81. The predicted molar refractivity (Wildman–Crippen MR) is 148 cm³/mol. The van der Waals surface area contributed by atoms with Crippen molar-refractivity contribution in [3.8, 4) is 0 Å². The Bertz CT molecular complexity index is 734. The molecule has 0 aliphatic carbocycles. The molecule has 0 aliphatic heterocycles. The molecule has 9 heteroatoms. The first-order valence-electron chi connectivity index (χ1n) is 14.9. The molecule has 0 aromatic carbocycles. The van der Waals surface area contributed by atoms with Crippen LogP contribution in [0.5, 0.6) is 0 Å². The molecular weight excluding hydrogens is 504 g/mol. The van der Waals surface area contributed by atoms with Gasteiger partial charge in [0.1, 0.15) is 5.78 Å². The highest BCUT2D eigenvalue weighted by atomic mass is 16.6. The number of Topliss-reactive ketones (excluding diaryl/α,β-unsaturated/α-hetero) is 1. The van der Waals surface area contributed by atoms with Crippen LogP contribution in [0.3, 0.4) is 0 Å². The smallest absolute Gasteiger partial charge is 0.352 e. The Morgan fingerprint density at radius 1 is 0.590 bits per heavy atom. The normalized spacial score (nSPS) is 13.2. The number of carbonyl (C=O) groups is 5. The average molecular weight is 557 g/mol. The molecular formula is C30H52O9. The van der Waals surface area contributed by atoms with E-state index in [1.807, 2.05) is 13.8 Å². The van der Waals surface area contributed by atoms with Crippen molar-refractivity contribution in [2.75, 3.05) is 19.8 Å². The Morgan fingerprint density at radius 3 is 1.54 bits per heavy atom. The Morgan fingerprint density at radius 2 is 1.08 bits per heavy atom. The van der Waals surface area contributed by atoms with E-state index in [1.54, 1.807) is 6.92 Å². The summed E-state index contributed by atoms with van der Waals surface area (Å²) in [5.41, 5.74) is -2.51. The summed E-state index contributed by atoms with van der Waals surface area (Å²) in [7, 11) is 0. The average Bonchev–Trinajstić information content (AvgIpc) is 2.88. The van der Waals surface area contributed by atoms with Crippen LogP contribution in [-0.2, 0) is 42.9 Å². The van der Waals surface area contributed by atoms with Gasteiger partial charge >= 0.3 is 23.9 Å². The number of unbranched alkanes of at least 4 members (excludes halogenated alkanes) is 9. The van der Waals surface area contributed by atoms with E-state index in [-0.39, 0.29) is 26.2 Å². The number of esters is 4. The SMILES string of the molecule is CCCCCCOC(=O)CC(OC(=O)CCC)(C(=O)OCCCCCC)C(C(C)=O)C(=O)OCCCCCC. The fourth-order valence-corrected chi connectivity index (χ4v) is 4.15. The Kier molecular flexibility index (Phi) is 21.0. The molecule has 0 aromatic heterocycles. The van der Waals surface area contributed by atoms with E-state index < -0.39 is 47.6 Å². The molecule has 9 nitrogen and oxygen atoms in total. The van der Waals surface area contributed by atoms with Gasteiger partial charge in [0.05, 0.1) is 26.2 Å². The summed E-state index contributed by atoms with van der Waals surface area (Å²) < 4.78 is 21.7. The van der Waals surface area contributed by atoms with Gasteiger partial charge in [-0.15, -0.1) is 0 Å². The van der Waals surface area contributed by atoms with Gasteiger partial charge in [0.2, 0.25) is 5.60 Å². The molecule has 0 radical (unpaired) electrons. The van der Waals surface area contributed by atoms with Crippen LogP contribution < -0.4 is 0 Å². The Balaban J connectivity index is 6.15. The van der Waals surface area contributed by atoms with Crippen LogP contribution in [0.4, 0.5) is 0 Å². The highest BCUT2D eigenvalue weighted by molar-refractivity contribution is 6.06. The van der Waals surface area contributed by atoms with Crippen molar-refractivity contribution in [2.24, 2.45) is 5.92 Å². The summed E-state index contributed by atoms with van der Waals surface area (Å²) in [6.45, 7) is 9.14. The minimum Gasteiger partial charge on any atom is -0.466 e. The summed E-state index contributed by atoms with van der Waals surface area (Å²) >= 11 is 0. The van der Waals surface area contributed by atoms with Crippen molar-refractivity contribution < 1.29 is 42.9 Å². The summed E-state index contributed by atoms with van der Waals surface area (Å²) in [6, 6.07) is 0. The van der Waals surface area contributed by atoms with E-state index >= 15 is 0 Å². The lowest BCUT2D eigenvalue weighted by molar-refractivity contribution is -0.200. The Labute approximate surface area is 235 Å². The molecule has 0 fully saturated rings. The van der Waals surface area contributed by atoms with Crippen molar-refractivity contribution in [1.82, 2.24) is 0 Å². The number of ketones is 1. The molecule has 39 heavy (non-hydrogen) atoms. The molecule has 2 unspecified atom stereocenters. The first-order chi connectivity index (χ1) is 18.7. The lowest BCUT2D eigenvalue weighted by Gasteiger charge is -2.34. The maximum Gasteiger partial charge on any atom is 0.352 e. The summed E-state index contributed by atoms with van der Waals surface area (Å²) in [5.74, 6) is -6.45. The molecule has 0 N–H and O–H groups in total. The van der Waals surface area contributed by atoms with Gasteiger partial charge in [-0.25, -0.2) is 4.79 Å². The maximum atomic E-state index is 13.6. The molecule has 2 atom stereocenters. The first kappa shape index (κ1) is 36.5. The van der Waals surface area contributed by atoms with Gasteiger partial charge in [0.15, 0.2) is 5.92 Å².